The van der Waals surface area contributed by atoms with E-state index in [0.717, 1.165) is 21.2 Å². The molecular weight excluding hydrogens is 555 g/mol. The molecule has 178 valence electrons. The van der Waals surface area contributed by atoms with E-state index in [1.54, 1.807) is 66.7 Å². The summed E-state index contributed by atoms with van der Waals surface area (Å²) in [5.74, 6) is -0.246. The Balaban J connectivity index is 1.52. The van der Waals surface area contributed by atoms with Crippen LogP contribution < -0.4 is 14.9 Å². The Morgan fingerprint density at radius 1 is 1.17 bits per heavy atom. The number of thiocarbonyl (C=S) groups is 1. The fraction of sp³-hybridized carbons (Fsp3) is 0.0800. The number of benzene rings is 3. The van der Waals surface area contributed by atoms with Crippen molar-refractivity contribution in [1.29, 1.82) is 0 Å². The molecule has 4 rings (SSSR count). The van der Waals surface area contributed by atoms with Crippen LogP contribution in [-0.2, 0) is 11.4 Å². The molecule has 0 bridgehead atoms. The standard InChI is InChI=1S/C25H18BrFN2O4S2/c1-32-19-9-6-15(7-10-19)23(30)28-29-24(31)22(35-25(29)34)13-17-12-18(26)8-11-21(17)33-14-16-4-2-3-5-20(16)27/h2-13H,14H2,1H3,(H,28,30)/b22-13-. The molecule has 1 fully saturated rings. The SMILES string of the molecule is COc1ccc(C(=O)NN2C(=O)/C(=C/c3cc(Br)ccc3OCc3ccccc3F)SC2=S)cc1. The first kappa shape index (κ1) is 24.9. The minimum absolute atomic E-state index is 0.0218. The van der Waals surface area contributed by atoms with E-state index in [1.807, 2.05) is 0 Å². The van der Waals surface area contributed by atoms with Crippen LogP contribution in [0.5, 0.6) is 11.5 Å². The molecule has 0 aliphatic carbocycles. The van der Waals surface area contributed by atoms with Gasteiger partial charge in [-0.2, -0.15) is 5.01 Å². The van der Waals surface area contributed by atoms with Crippen LogP contribution in [0, 0.1) is 5.82 Å². The minimum Gasteiger partial charge on any atom is -0.497 e. The maximum atomic E-state index is 14.0. The first-order valence-corrected chi connectivity index (χ1v) is 12.3. The number of halogens is 2. The summed E-state index contributed by atoms with van der Waals surface area (Å²) in [7, 11) is 1.53. The summed E-state index contributed by atoms with van der Waals surface area (Å²) in [5, 5.41) is 1.04. The second kappa shape index (κ2) is 11.0. The lowest BCUT2D eigenvalue weighted by Gasteiger charge is -2.15. The fourth-order valence-electron chi connectivity index (χ4n) is 3.15. The molecule has 1 aliphatic heterocycles. The summed E-state index contributed by atoms with van der Waals surface area (Å²) in [4.78, 5) is 25.9. The monoisotopic (exact) mass is 572 g/mol. The van der Waals surface area contributed by atoms with Gasteiger partial charge >= 0.3 is 0 Å². The van der Waals surface area contributed by atoms with Gasteiger partial charge in [0.05, 0.1) is 12.0 Å². The Morgan fingerprint density at radius 3 is 2.63 bits per heavy atom. The first-order chi connectivity index (χ1) is 16.9. The third kappa shape index (κ3) is 5.90. The highest BCUT2D eigenvalue weighted by molar-refractivity contribution is 9.10. The number of hydrogen-bond donors (Lipinski definition) is 1. The Hall–Kier alpha value is -3.21. The average Bonchev–Trinajstić information content (AvgIpc) is 3.11. The number of hydrogen-bond acceptors (Lipinski definition) is 6. The van der Waals surface area contributed by atoms with E-state index < -0.39 is 11.8 Å². The molecule has 1 saturated heterocycles. The molecule has 6 nitrogen and oxygen atoms in total. The van der Waals surface area contributed by atoms with Gasteiger partial charge in [-0.1, -0.05) is 45.9 Å². The molecule has 0 radical (unpaired) electrons. The molecule has 35 heavy (non-hydrogen) atoms. The van der Waals surface area contributed by atoms with E-state index in [4.69, 9.17) is 21.7 Å². The van der Waals surface area contributed by atoms with E-state index >= 15 is 0 Å². The van der Waals surface area contributed by atoms with Crippen molar-refractivity contribution in [2.75, 3.05) is 7.11 Å². The lowest BCUT2D eigenvalue weighted by atomic mass is 10.1. The highest BCUT2D eigenvalue weighted by Gasteiger charge is 2.34. The van der Waals surface area contributed by atoms with E-state index in [-0.39, 0.29) is 16.7 Å². The normalized spacial score (nSPS) is 14.4. The number of carbonyl (C=O) groups is 2. The highest BCUT2D eigenvalue weighted by Crippen LogP contribution is 2.34. The van der Waals surface area contributed by atoms with E-state index in [1.165, 1.54) is 13.2 Å². The number of amides is 2. The van der Waals surface area contributed by atoms with Crippen molar-refractivity contribution in [3.8, 4) is 11.5 Å². The molecule has 1 aliphatic rings. The lowest BCUT2D eigenvalue weighted by molar-refractivity contribution is -0.123. The quantitative estimate of drug-likeness (QED) is 0.288. The Morgan fingerprint density at radius 2 is 1.91 bits per heavy atom. The zero-order chi connectivity index (χ0) is 24.9. The molecule has 10 heteroatoms. The van der Waals surface area contributed by atoms with E-state index in [0.29, 0.717) is 33.1 Å². The third-order valence-corrected chi connectivity index (χ3v) is 6.75. The summed E-state index contributed by atoms with van der Waals surface area (Å²) >= 11 is 9.79. The number of methoxy groups -OCH3 is 1. The maximum absolute atomic E-state index is 14.0. The Kier molecular flexibility index (Phi) is 7.84. The number of ether oxygens (including phenoxy) is 2. The second-order valence-electron chi connectivity index (χ2n) is 7.25. The Bertz CT molecular complexity index is 1330. The predicted molar refractivity (Wildman–Crippen MR) is 140 cm³/mol. The zero-order valence-corrected chi connectivity index (χ0v) is 21.5. The second-order valence-corrected chi connectivity index (χ2v) is 9.84. The smallest absolute Gasteiger partial charge is 0.285 e. The summed E-state index contributed by atoms with van der Waals surface area (Å²) in [6.45, 7) is 0.0218. The van der Waals surface area contributed by atoms with Crippen LogP contribution in [0.2, 0.25) is 0 Å². The van der Waals surface area contributed by atoms with Gasteiger partial charge in [0.2, 0.25) is 0 Å². The van der Waals surface area contributed by atoms with Gasteiger partial charge in [-0.3, -0.25) is 15.0 Å². The molecule has 3 aromatic carbocycles. The molecule has 2 amide bonds. The van der Waals surface area contributed by atoms with Gasteiger partial charge < -0.3 is 9.47 Å². The highest BCUT2D eigenvalue weighted by atomic mass is 79.9. The number of rotatable bonds is 7. The van der Waals surface area contributed by atoms with Crippen molar-refractivity contribution in [1.82, 2.24) is 10.4 Å². The molecular formula is C25H18BrFN2O4S2. The van der Waals surface area contributed by atoms with Crippen LogP contribution in [0.15, 0.2) is 76.1 Å². The number of thioether (sulfide) groups is 1. The largest absolute Gasteiger partial charge is 0.497 e. The molecule has 0 unspecified atom stereocenters. The van der Waals surface area contributed by atoms with E-state index in [2.05, 4.69) is 21.4 Å². The van der Waals surface area contributed by atoms with Gasteiger partial charge in [0, 0.05) is 21.2 Å². The van der Waals surface area contributed by atoms with Gasteiger partial charge in [-0.15, -0.1) is 0 Å². The number of nitrogens with zero attached hydrogens (tertiary/aromatic N) is 1. The van der Waals surface area contributed by atoms with Crippen LogP contribution in [0.25, 0.3) is 6.08 Å². The van der Waals surface area contributed by atoms with Gasteiger partial charge in [0.1, 0.15) is 23.9 Å². The zero-order valence-electron chi connectivity index (χ0n) is 18.3. The van der Waals surface area contributed by atoms with E-state index in [9.17, 15) is 14.0 Å². The van der Waals surface area contributed by atoms with Crippen molar-refractivity contribution in [2.24, 2.45) is 0 Å². The molecule has 3 aromatic rings. The summed E-state index contributed by atoms with van der Waals surface area (Å²) in [6, 6.07) is 18.1. The number of hydrazine groups is 1. The van der Waals surface area contributed by atoms with Crippen molar-refractivity contribution >= 4 is 62.1 Å². The van der Waals surface area contributed by atoms with Crippen molar-refractivity contribution in [3.63, 3.8) is 0 Å². The van der Waals surface area contributed by atoms with Gasteiger partial charge in [0.25, 0.3) is 11.8 Å². The molecule has 0 atom stereocenters. The van der Waals surface area contributed by atoms with Crippen LogP contribution in [0.1, 0.15) is 21.5 Å². The van der Waals surface area contributed by atoms with Crippen molar-refractivity contribution in [2.45, 2.75) is 6.61 Å². The molecule has 0 saturated carbocycles. The van der Waals surface area contributed by atoms with Gasteiger partial charge in [-0.05, 0) is 66.8 Å². The number of carbonyl (C=O) groups excluding carboxylic acids is 2. The lowest BCUT2D eigenvalue weighted by Crippen LogP contribution is -2.44. The van der Waals surface area contributed by atoms with Gasteiger partial charge in [-0.25, -0.2) is 4.39 Å². The topological polar surface area (TPSA) is 67.9 Å². The average molecular weight is 573 g/mol. The van der Waals surface area contributed by atoms with Crippen LogP contribution in [0.4, 0.5) is 4.39 Å². The maximum Gasteiger partial charge on any atom is 0.285 e. The third-order valence-electron chi connectivity index (χ3n) is 4.96. The predicted octanol–water partition coefficient (Wildman–Crippen LogP) is 5.72. The summed E-state index contributed by atoms with van der Waals surface area (Å²) in [6.07, 6.45) is 1.63. The van der Waals surface area contributed by atoms with Crippen LogP contribution >= 0.6 is 39.9 Å². The van der Waals surface area contributed by atoms with Crippen molar-refractivity contribution in [3.05, 3.63) is 98.6 Å². The molecule has 0 spiro atoms. The molecule has 1 N–H and O–H groups in total. The molecule has 0 aromatic heterocycles. The summed E-state index contributed by atoms with van der Waals surface area (Å²) < 4.78 is 25.9. The number of nitrogens with one attached hydrogen (secondary N) is 1. The summed E-state index contributed by atoms with van der Waals surface area (Å²) in [5.41, 5.74) is 3.90. The first-order valence-electron chi connectivity index (χ1n) is 10.2. The van der Waals surface area contributed by atoms with Crippen LogP contribution in [0.3, 0.4) is 0 Å². The molecule has 1 heterocycles. The Labute approximate surface area is 219 Å². The van der Waals surface area contributed by atoms with Crippen LogP contribution in [-0.4, -0.2) is 28.3 Å². The minimum atomic E-state index is -0.485. The van der Waals surface area contributed by atoms with Crippen molar-refractivity contribution < 1.29 is 23.5 Å². The fourth-order valence-corrected chi connectivity index (χ4v) is 4.70. The van der Waals surface area contributed by atoms with Gasteiger partial charge in [0.15, 0.2) is 4.32 Å².